The van der Waals surface area contributed by atoms with Crippen molar-refractivity contribution >= 4 is 11.8 Å². The van der Waals surface area contributed by atoms with E-state index in [1.54, 1.807) is 17.8 Å². The number of hydrogen-bond acceptors (Lipinski definition) is 5. The van der Waals surface area contributed by atoms with Crippen molar-refractivity contribution in [1.29, 1.82) is 0 Å². The lowest BCUT2D eigenvalue weighted by Crippen LogP contribution is -2.51. The number of nitrogens with zero attached hydrogens (tertiary/aromatic N) is 3. The molecule has 2 unspecified atom stereocenters. The second-order valence-electron chi connectivity index (χ2n) is 11.6. The van der Waals surface area contributed by atoms with Crippen LogP contribution >= 0.6 is 0 Å². The van der Waals surface area contributed by atoms with Crippen LogP contribution in [-0.4, -0.2) is 65.6 Å². The highest BCUT2D eigenvalue weighted by Crippen LogP contribution is 2.40. The molecule has 8 heteroatoms. The van der Waals surface area contributed by atoms with Gasteiger partial charge < -0.3 is 23.8 Å². The van der Waals surface area contributed by atoms with Gasteiger partial charge in [0.2, 0.25) is 5.91 Å². The molecule has 0 radical (unpaired) electrons. The predicted molar refractivity (Wildman–Crippen MR) is 148 cm³/mol. The number of aryl methyl sites for hydroxylation is 1. The Morgan fingerprint density at radius 3 is 2.03 bits per heavy atom. The first-order valence-corrected chi connectivity index (χ1v) is 13.0. The van der Waals surface area contributed by atoms with Crippen LogP contribution in [0.3, 0.4) is 0 Å². The molecule has 2 aromatic rings. The minimum atomic E-state index is -0.167. The molecule has 2 amide bonds. The summed E-state index contributed by atoms with van der Waals surface area (Å²) >= 11 is 0. The minimum absolute atomic E-state index is 0.00716. The third-order valence-corrected chi connectivity index (χ3v) is 7.71. The highest BCUT2D eigenvalue weighted by molar-refractivity contribution is 6.01. The van der Waals surface area contributed by atoms with Gasteiger partial charge in [-0.2, -0.15) is 0 Å². The summed E-state index contributed by atoms with van der Waals surface area (Å²) in [6.45, 7) is 12.8. The maximum Gasteiger partial charge on any atom is 0.261 e. The zero-order valence-corrected chi connectivity index (χ0v) is 24.0. The summed E-state index contributed by atoms with van der Waals surface area (Å²) in [4.78, 5) is 43.1. The van der Waals surface area contributed by atoms with Gasteiger partial charge in [-0.15, -0.1) is 0 Å². The van der Waals surface area contributed by atoms with E-state index in [1.165, 1.54) is 14.2 Å². The molecule has 0 N–H and O–H groups in total. The highest BCUT2D eigenvalue weighted by atomic mass is 16.5. The molecule has 2 atom stereocenters. The summed E-state index contributed by atoms with van der Waals surface area (Å²) in [7, 11) is 4.80. The van der Waals surface area contributed by atoms with Gasteiger partial charge in [0, 0.05) is 43.0 Å². The smallest absolute Gasteiger partial charge is 0.261 e. The van der Waals surface area contributed by atoms with E-state index in [1.807, 2.05) is 48.8 Å². The molecule has 38 heavy (non-hydrogen) atoms. The summed E-state index contributed by atoms with van der Waals surface area (Å²) in [5.74, 6) is 0.701. The molecule has 2 fully saturated rings. The second-order valence-corrected chi connectivity index (χ2v) is 11.6. The van der Waals surface area contributed by atoms with Crippen molar-refractivity contribution in [3.63, 3.8) is 0 Å². The number of methoxy groups -OCH3 is 2. The first kappa shape index (κ1) is 27.5. The molecule has 2 bridgehead atoms. The second kappa shape index (κ2) is 9.97. The van der Waals surface area contributed by atoms with Gasteiger partial charge in [-0.25, -0.2) is 0 Å². The van der Waals surface area contributed by atoms with Gasteiger partial charge in [0.05, 0.1) is 26.3 Å². The van der Waals surface area contributed by atoms with E-state index >= 15 is 0 Å². The topological polar surface area (TPSA) is 81.1 Å². The molecule has 0 aliphatic carbocycles. The van der Waals surface area contributed by atoms with Crippen LogP contribution < -0.4 is 15.0 Å². The van der Waals surface area contributed by atoms with E-state index in [4.69, 9.17) is 9.47 Å². The van der Waals surface area contributed by atoms with Crippen LogP contribution in [0.15, 0.2) is 34.8 Å². The fraction of sp³-hybridized carbons (Fsp3) is 0.500. The van der Waals surface area contributed by atoms with Crippen LogP contribution in [0.5, 0.6) is 11.5 Å². The van der Waals surface area contributed by atoms with E-state index in [-0.39, 0.29) is 34.9 Å². The Morgan fingerprint density at radius 1 is 0.974 bits per heavy atom. The zero-order chi connectivity index (χ0) is 28.1. The molecule has 1 aromatic carbocycles. The Morgan fingerprint density at radius 2 is 1.53 bits per heavy atom. The monoisotopic (exact) mass is 521 g/mol. The van der Waals surface area contributed by atoms with E-state index in [9.17, 15) is 14.4 Å². The average Bonchev–Trinajstić information content (AvgIpc) is 3.48. The molecule has 4 rings (SSSR count). The van der Waals surface area contributed by atoms with Crippen molar-refractivity contribution in [2.45, 2.75) is 60.0 Å². The van der Waals surface area contributed by atoms with E-state index < -0.39 is 0 Å². The van der Waals surface area contributed by atoms with Crippen LogP contribution in [0.4, 0.5) is 0 Å². The molecular formula is C30H39N3O5. The predicted octanol–water partition coefficient (Wildman–Crippen LogP) is 4.10. The molecule has 2 aliphatic rings. The number of carbonyl (C=O) groups excluding carboxylic acids is 2. The van der Waals surface area contributed by atoms with Gasteiger partial charge in [-0.1, -0.05) is 26.8 Å². The largest absolute Gasteiger partial charge is 0.496 e. The number of amides is 2. The molecular weight excluding hydrogens is 482 g/mol. The quantitative estimate of drug-likeness (QED) is 0.554. The lowest BCUT2D eigenvalue weighted by atomic mass is 9.93. The number of aromatic nitrogens is 1. The minimum Gasteiger partial charge on any atom is -0.496 e. The average molecular weight is 522 g/mol. The first-order valence-electron chi connectivity index (χ1n) is 13.0. The van der Waals surface area contributed by atoms with Gasteiger partial charge in [-0.05, 0) is 55.9 Å². The Bertz CT molecular complexity index is 1360. The Hall–Kier alpha value is -3.55. The number of carbonyl (C=O) groups is 2. The van der Waals surface area contributed by atoms with Crippen molar-refractivity contribution in [2.24, 2.45) is 12.5 Å². The van der Waals surface area contributed by atoms with Crippen molar-refractivity contribution < 1.29 is 19.1 Å². The van der Waals surface area contributed by atoms with Crippen LogP contribution in [0.25, 0.3) is 11.1 Å². The first-order chi connectivity index (χ1) is 17.8. The molecule has 8 nitrogen and oxygen atoms in total. The van der Waals surface area contributed by atoms with Crippen LogP contribution in [0.1, 0.15) is 55.6 Å². The van der Waals surface area contributed by atoms with Gasteiger partial charge >= 0.3 is 0 Å². The summed E-state index contributed by atoms with van der Waals surface area (Å²) in [5.41, 5.74) is 4.19. The number of allylic oxidation sites excluding steroid dienone is 1. The zero-order valence-electron chi connectivity index (χ0n) is 24.0. The van der Waals surface area contributed by atoms with Crippen LogP contribution in [0, 0.1) is 19.3 Å². The fourth-order valence-corrected chi connectivity index (χ4v) is 5.79. The lowest BCUT2D eigenvalue weighted by molar-refractivity contribution is -0.129. The third kappa shape index (κ3) is 4.84. The van der Waals surface area contributed by atoms with Crippen LogP contribution in [-0.2, 0) is 11.8 Å². The van der Waals surface area contributed by atoms with E-state index in [0.717, 1.165) is 28.7 Å². The molecule has 1 aromatic heterocycles. The fourth-order valence-electron chi connectivity index (χ4n) is 5.79. The maximum absolute atomic E-state index is 13.9. The Kier molecular flexibility index (Phi) is 7.21. The van der Waals surface area contributed by atoms with Crippen molar-refractivity contribution in [1.82, 2.24) is 14.4 Å². The molecule has 3 heterocycles. The lowest BCUT2D eigenvalue weighted by Gasteiger charge is -2.35. The van der Waals surface area contributed by atoms with Crippen molar-refractivity contribution in [3.05, 3.63) is 57.0 Å². The molecule has 2 aliphatic heterocycles. The summed E-state index contributed by atoms with van der Waals surface area (Å²) in [6.07, 6.45) is 4.57. The summed E-state index contributed by atoms with van der Waals surface area (Å²) in [6, 6.07) is 3.59. The van der Waals surface area contributed by atoms with E-state index in [0.29, 0.717) is 35.7 Å². The number of piperazine rings is 1. The molecule has 0 saturated carbocycles. The summed E-state index contributed by atoms with van der Waals surface area (Å²) in [5, 5.41) is 0. The van der Waals surface area contributed by atoms with Gasteiger partial charge in [0.25, 0.3) is 11.5 Å². The number of fused-ring (bicyclic) bond motifs is 2. The molecule has 2 saturated heterocycles. The Labute approximate surface area is 224 Å². The van der Waals surface area contributed by atoms with Gasteiger partial charge in [0.1, 0.15) is 17.1 Å². The number of rotatable bonds is 5. The van der Waals surface area contributed by atoms with Gasteiger partial charge in [0.15, 0.2) is 0 Å². The molecule has 204 valence electrons. The summed E-state index contributed by atoms with van der Waals surface area (Å²) < 4.78 is 13.0. The number of benzene rings is 1. The van der Waals surface area contributed by atoms with E-state index in [2.05, 4.69) is 20.8 Å². The van der Waals surface area contributed by atoms with Crippen molar-refractivity contribution in [3.8, 4) is 22.6 Å². The number of ether oxygens (including phenoxy) is 2. The number of likely N-dealkylation sites (tertiary alicyclic amines) is 2. The van der Waals surface area contributed by atoms with Gasteiger partial charge in [-0.3, -0.25) is 14.4 Å². The SMILES string of the molecule is COc1cc(-c2cn(C)c(=O)c(C)c2C)cc(OC)c1C(=O)N1CC2CC1CN2C(=O)/C(C)=C/C(C)(C)C. The van der Waals surface area contributed by atoms with Crippen molar-refractivity contribution in [2.75, 3.05) is 27.3 Å². The maximum atomic E-state index is 13.9. The standard InChI is InChI=1S/C30H39N3O5/c1-17(13-30(4,5)6)27(34)32-14-22-12-21(32)15-33(22)29(36)26-24(37-8)10-20(11-25(26)38-9)23-16-31(7)28(35)19(3)18(23)2/h10-11,13,16,21-22H,12,14-15H2,1-9H3/b17-13+. The Balaban J connectivity index is 1.64. The molecule has 0 spiro atoms. The highest BCUT2D eigenvalue weighted by Gasteiger charge is 2.48. The van der Waals surface area contributed by atoms with Crippen LogP contribution in [0.2, 0.25) is 0 Å². The normalized spacial score (nSPS) is 19.2. The number of hydrogen-bond donors (Lipinski definition) is 0. The third-order valence-electron chi connectivity index (χ3n) is 7.71. The number of pyridine rings is 1.